The fourth-order valence-corrected chi connectivity index (χ4v) is 3.48. The average Bonchev–Trinajstić information content (AvgIpc) is 2.75. The van der Waals surface area contributed by atoms with Gasteiger partial charge in [0.1, 0.15) is 6.61 Å². The number of hydrogen-bond donors (Lipinski definition) is 1. The van der Waals surface area contributed by atoms with E-state index in [1.165, 1.54) is 5.56 Å². The Balaban J connectivity index is 1.41. The minimum Gasteiger partial charge on any atom is -0.485 e. The molecule has 2 aromatic carbocycles. The van der Waals surface area contributed by atoms with Crippen LogP contribution in [0.1, 0.15) is 11.6 Å². The summed E-state index contributed by atoms with van der Waals surface area (Å²) in [6.45, 7) is 3.87. The average molecular weight is 368 g/mol. The molecule has 2 aliphatic heterocycles. The molecule has 1 N–H and O–H groups in total. The van der Waals surface area contributed by atoms with Gasteiger partial charge in [0, 0.05) is 19.6 Å². The van der Waals surface area contributed by atoms with Crippen LogP contribution in [0.4, 0.5) is 0 Å². The van der Waals surface area contributed by atoms with Crippen LogP contribution in [0.2, 0.25) is 0 Å². The Labute approximate surface area is 159 Å². The second kappa shape index (κ2) is 8.41. The van der Waals surface area contributed by atoms with Crippen molar-refractivity contribution in [3.05, 3.63) is 60.2 Å². The molecule has 1 amide bonds. The van der Waals surface area contributed by atoms with Crippen LogP contribution in [0.3, 0.4) is 0 Å². The standard InChI is InChI=1S/C21H24N2O4/c24-21(20-15-26-18-8-4-5-9-19(18)27-20)22-14-17(16-6-2-1-3-7-16)23-10-12-25-13-11-23/h1-9,17,20H,10-15H2,(H,22,24). The molecule has 6 nitrogen and oxygen atoms in total. The molecule has 0 aliphatic carbocycles. The van der Waals surface area contributed by atoms with Crippen LogP contribution in [-0.4, -0.2) is 56.4 Å². The van der Waals surface area contributed by atoms with Crippen molar-refractivity contribution in [2.45, 2.75) is 12.1 Å². The Morgan fingerprint density at radius 3 is 2.52 bits per heavy atom. The highest BCUT2D eigenvalue weighted by molar-refractivity contribution is 5.81. The second-order valence-electron chi connectivity index (χ2n) is 6.68. The van der Waals surface area contributed by atoms with Crippen LogP contribution < -0.4 is 14.8 Å². The Kier molecular flexibility index (Phi) is 5.55. The molecule has 2 atom stereocenters. The lowest BCUT2D eigenvalue weighted by molar-refractivity contribution is -0.130. The van der Waals surface area contributed by atoms with Crippen LogP contribution in [0.15, 0.2) is 54.6 Å². The number of benzene rings is 2. The fraction of sp³-hybridized carbons (Fsp3) is 0.381. The number of amides is 1. The smallest absolute Gasteiger partial charge is 0.264 e. The maximum atomic E-state index is 12.7. The lowest BCUT2D eigenvalue weighted by Crippen LogP contribution is -2.48. The first-order chi connectivity index (χ1) is 13.3. The lowest BCUT2D eigenvalue weighted by atomic mass is 10.0. The molecule has 4 rings (SSSR count). The molecular formula is C21H24N2O4. The van der Waals surface area contributed by atoms with Gasteiger partial charge in [-0.05, 0) is 17.7 Å². The maximum Gasteiger partial charge on any atom is 0.264 e. The van der Waals surface area contributed by atoms with Crippen molar-refractivity contribution < 1.29 is 19.0 Å². The lowest BCUT2D eigenvalue weighted by Gasteiger charge is -2.35. The first-order valence-corrected chi connectivity index (χ1v) is 9.34. The van der Waals surface area contributed by atoms with Gasteiger partial charge >= 0.3 is 0 Å². The van der Waals surface area contributed by atoms with Gasteiger partial charge in [0.15, 0.2) is 11.5 Å². The van der Waals surface area contributed by atoms with Crippen LogP contribution in [-0.2, 0) is 9.53 Å². The minimum absolute atomic E-state index is 0.107. The normalized spacial score (nSPS) is 20.7. The molecule has 2 heterocycles. The summed E-state index contributed by atoms with van der Waals surface area (Å²) in [5.41, 5.74) is 1.19. The molecule has 142 valence electrons. The van der Waals surface area contributed by atoms with E-state index in [2.05, 4.69) is 22.3 Å². The number of hydrogen-bond acceptors (Lipinski definition) is 5. The fourth-order valence-electron chi connectivity index (χ4n) is 3.48. The van der Waals surface area contributed by atoms with Crippen molar-refractivity contribution >= 4 is 5.91 Å². The van der Waals surface area contributed by atoms with Gasteiger partial charge in [-0.3, -0.25) is 9.69 Å². The summed E-state index contributed by atoms with van der Waals surface area (Å²) in [6, 6.07) is 17.8. The van der Waals surface area contributed by atoms with Gasteiger partial charge < -0.3 is 19.5 Å². The monoisotopic (exact) mass is 368 g/mol. The second-order valence-corrected chi connectivity index (χ2v) is 6.68. The highest BCUT2D eigenvalue weighted by Gasteiger charge is 2.29. The summed E-state index contributed by atoms with van der Waals surface area (Å²) in [7, 11) is 0. The molecule has 0 bridgehead atoms. The van der Waals surface area contributed by atoms with E-state index in [1.54, 1.807) is 0 Å². The Morgan fingerprint density at radius 2 is 1.74 bits per heavy atom. The first kappa shape index (κ1) is 17.8. The molecule has 0 aromatic heterocycles. The third-order valence-corrected chi connectivity index (χ3v) is 4.94. The van der Waals surface area contributed by atoms with E-state index in [-0.39, 0.29) is 18.6 Å². The van der Waals surface area contributed by atoms with Crippen molar-refractivity contribution in [1.29, 1.82) is 0 Å². The van der Waals surface area contributed by atoms with E-state index >= 15 is 0 Å². The van der Waals surface area contributed by atoms with Crippen molar-refractivity contribution in [2.75, 3.05) is 39.5 Å². The van der Waals surface area contributed by atoms with Gasteiger partial charge in [0.25, 0.3) is 5.91 Å². The number of rotatable bonds is 5. The highest BCUT2D eigenvalue weighted by Crippen LogP contribution is 2.31. The van der Waals surface area contributed by atoms with Crippen LogP contribution >= 0.6 is 0 Å². The summed E-state index contributed by atoms with van der Waals surface area (Å²) in [5.74, 6) is 1.13. The number of nitrogens with zero attached hydrogens (tertiary/aromatic N) is 1. The molecule has 2 aliphatic rings. The molecule has 2 unspecified atom stereocenters. The molecule has 6 heteroatoms. The predicted octanol–water partition coefficient (Wildman–Crippen LogP) is 2.02. The Hall–Kier alpha value is -2.57. The number of nitrogens with one attached hydrogen (secondary N) is 1. The first-order valence-electron chi connectivity index (χ1n) is 9.34. The number of morpholine rings is 1. The number of ether oxygens (including phenoxy) is 3. The molecule has 0 saturated carbocycles. The van der Waals surface area contributed by atoms with Crippen molar-refractivity contribution in [3.63, 3.8) is 0 Å². The highest BCUT2D eigenvalue weighted by atomic mass is 16.6. The van der Waals surface area contributed by atoms with E-state index in [0.717, 1.165) is 13.1 Å². The number of fused-ring (bicyclic) bond motifs is 1. The maximum absolute atomic E-state index is 12.7. The predicted molar refractivity (Wildman–Crippen MR) is 101 cm³/mol. The zero-order valence-electron chi connectivity index (χ0n) is 15.2. The van der Waals surface area contributed by atoms with E-state index < -0.39 is 6.10 Å². The van der Waals surface area contributed by atoms with E-state index in [1.807, 2.05) is 42.5 Å². The molecule has 1 fully saturated rings. The summed E-state index contributed by atoms with van der Waals surface area (Å²) in [5, 5.41) is 3.05. The van der Waals surface area contributed by atoms with Crippen molar-refractivity contribution in [1.82, 2.24) is 10.2 Å². The third kappa shape index (κ3) is 4.23. The largest absolute Gasteiger partial charge is 0.485 e. The molecular weight excluding hydrogens is 344 g/mol. The van der Waals surface area contributed by atoms with E-state index in [4.69, 9.17) is 14.2 Å². The topological polar surface area (TPSA) is 60.0 Å². The quantitative estimate of drug-likeness (QED) is 0.875. The van der Waals surface area contributed by atoms with Crippen molar-refractivity contribution in [2.24, 2.45) is 0 Å². The van der Waals surface area contributed by atoms with E-state index in [0.29, 0.717) is 31.3 Å². The number of carbonyl (C=O) groups excluding carboxylic acids is 1. The molecule has 1 saturated heterocycles. The molecule has 0 spiro atoms. The van der Waals surface area contributed by atoms with Gasteiger partial charge in [0.05, 0.1) is 19.3 Å². The van der Waals surface area contributed by atoms with Gasteiger partial charge in [-0.25, -0.2) is 0 Å². The van der Waals surface area contributed by atoms with Crippen LogP contribution in [0.25, 0.3) is 0 Å². The van der Waals surface area contributed by atoms with Gasteiger partial charge in [-0.2, -0.15) is 0 Å². The molecule has 27 heavy (non-hydrogen) atoms. The molecule has 0 radical (unpaired) electrons. The SMILES string of the molecule is O=C(NCC(c1ccccc1)N1CCOCC1)C1COc2ccccc2O1. The Bertz CT molecular complexity index is 762. The van der Waals surface area contributed by atoms with Crippen molar-refractivity contribution in [3.8, 4) is 11.5 Å². The van der Waals surface area contributed by atoms with Crippen LogP contribution in [0.5, 0.6) is 11.5 Å². The summed E-state index contributed by atoms with van der Waals surface area (Å²) in [6.07, 6.45) is -0.638. The van der Waals surface area contributed by atoms with Crippen LogP contribution in [0, 0.1) is 0 Å². The summed E-state index contributed by atoms with van der Waals surface area (Å²) < 4.78 is 16.9. The third-order valence-electron chi connectivity index (χ3n) is 4.94. The Morgan fingerprint density at radius 1 is 1.04 bits per heavy atom. The zero-order chi connectivity index (χ0) is 18.5. The van der Waals surface area contributed by atoms with Gasteiger partial charge in [0.2, 0.25) is 6.10 Å². The van der Waals surface area contributed by atoms with Gasteiger partial charge in [-0.1, -0.05) is 42.5 Å². The number of para-hydroxylation sites is 2. The summed E-state index contributed by atoms with van der Waals surface area (Å²) in [4.78, 5) is 15.0. The minimum atomic E-state index is -0.638. The molecule has 2 aromatic rings. The summed E-state index contributed by atoms with van der Waals surface area (Å²) >= 11 is 0. The number of carbonyl (C=O) groups is 1. The van der Waals surface area contributed by atoms with E-state index in [9.17, 15) is 4.79 Å². The zero-order valence-corrected chi connectivity index (χ0v) is 15.2. The van der Waals surface area contributed by atoms with Gasteiger partial charge in [-0.15, -0.1) is 0 Å².